The van der Waals surface area contributed by atoms with Crippen LogP contribution in [0.15, 0.2) is 66.2 Å². The van der Waals surface area contributed by atoms with E-state index in [2.05, 4.69) is 10.1 Å². The first kappa shape index (κ1) is 23.8. The van der Waals surface area contributed by atoms with Gasteiger partial charge in [-0.05, 0) is 44.2 Å². The lowest BCUT2D eigenvalue weighted by molar-refractivity contribution is -0.133. The molecule has 1 aromatic carbocycles. The van der Waals surface area contributed by atoms with Gasteiger partial charge in [0.05, 0.1) is 11.4 Å². The van der Waals surface area contributed by atoms with E-state index in [0.717, 1.165) is 22.8 Å². The summed E-state index contributed by atoms with van der Waals surface area (Å²) in [5.74, 6) is -0.131. The van der Waals surface area contributed by atoms with Crippen LogP contribution in [0.5, 0.6) is 0 Å². The molecule has 0 saturated carbocycles. The molecule has 0 bridgehead atoms. The molecular formula is C26H27N7O2S. The summed E-state index contributed by atoms with van der Waals surface area (Å²) in [5, 5.41) is 10.5. The Hall–Kier alpha value is -3.89. The largest absolute Gasteiger partial charge is 0.338 e. The van der Waals surface area contributed by atoms with Gasteiger partial charge in [0, 0.05) is 49.0 Å². The molecule has 1 fully saturated rings. The van der Waals surface area contributed by atoms with Crippen LogP contribution >= 0.6 is 11.3 Å². The molecule has 0 unspecified atom stereocenters. The second-order valence-electron chi connectivity index (χ2n) is 8.63. The monoisotopic (exact) mass is 501 g/mol. The minimum absolute atomic E-state index is 0.0217. The Bertz CT molecular complexity index is 1350. The van der Waals surface area contributed by atoms with E-state index in [9.17, 15) is 9.59 Å². The van der Waals surface area contributed by atoms with Crippen LogP contribution in [0.2, 0.25) is 0 Å². The van der Waals surface area contributed by atoms with Crippen molar-refractivity contribution >= 4 is 28.3 Å². The molecule has 0 N–H and O–H groups in total. The van der Waals surface area contributed by atoms with Crippen LogP contribution in [0, 0.1) is 13.8 Å². The van der Waals surface area contributed by atoms with Gasteiger partial charge in [0.15, 0.2) is 0 Å². The van der Waals surface area contributed by atoms with Gasteiger partial charge in [-0.1, -0.05) is 24.3 Å². The van der Waals surface area contributed by atoms with E-state index >= 15 is 0 Å². The summed E-state index contributed by atoms with van der Waals surface area (Å²) in [4.78, 5) is 37.5. The van der Waals surface area contributed by atoms with Crippen molar-refractivity contribution in [1.29, 1.82) is 0 Å². The second-order valence-corrected chi connectivity index (χ2v) is 9.47. The fourth-order valence-electron chi connectivity index (χ4n) is 4.24. The van der Waals surface area contributed by atoms with E-state index in [4.69, 9.17) is 4.98 Å². The molecule has 0 radical (unpaired) electrons. The molecule has 1 saturated heterocycles. The number of carbonyl (C=O) groups is 2. The van der Waals surface area contributed by atoms with Crippen LogP contribution in [0.25, 0.3) is 11.4 Å². The minimum atomic E-state index is -0.153. The van der Waals surface area contributed by atoms with Gasteiger partial charge in [-0.25, -0.2) is 15.0 Å². The number of amides is 2. The van der Waals surface area contributed by atoms with Gasteiger partial charge in [0.1, 0.15) is 12.2 Å². The lowest BCUT2D eigenvalue weighted by atomic mass is 10.2. The number of pyridine rings is 1. The average molecular weight is 502 g/mol. The first-order chi connectivity index (χ1) is 17.5. The number of anilines is 1. The molecule has 4 aromatic rings. The first-order valence-corrected chi connectivity index (χ1v) is 12.7. The molecule has 4 heterocycles. The third-order valence-electron chi connectivity index (χ3n) is 6.09. The van der Waals surface area contributed by atoms with Crippen molar-refractivity contribution in [2.24, 2.45) is 0 Å². The number of aromatic nitrogens is 4. The highest BCUT2D eigenvalue weighted by Gasteiger charge is 2.31. The molecule has 1 aliphatic rings. The van der Waals surface area contributed by atoms with Crippen LogP contribution in [0.1, 0.15) is 21.7 Å². The predicted octanol–water partition coefficient (Wildman–Crippen LogP) is 3.42. The van der Waals surface area contributed by atoms with Crippen molar-refractivity contribution < 1.29 is 9.59 Å². The molecule has 10 heteroatoms. The van der Waals surface area contributed by atoms with Crippen LogP contribution < -0.4 is 5.01 Å². The summed E-state index contributed by atoms with van der Waals surface area (Å²) in [6.07, 6.45) is 1.73. The highest BCUT2D eigenvalue weighted by Crippen LogP contribution is 2.29. The van der Waals surface area contributed by atoms with Crippen molar-refractivity contribution in [2.75, 3.05) is 31.2 Å². The lowest BCUT2D eigenvalue weighted by Crippen LogP contribution is -2.57. The molecule has 3 aromatic heterocycles. The fourth-order valence-corrected chi connectivity index (χ4v) is 5.08. The zero-order valence-corrected chi connectivity index (χ0v) is 21.1. The van der Waals surface area contributed by atoms with Gasteiger partial charge in [0.2, 0.25) is 11.0 Å². The van der Waals surface area contributed by atoms with Crippen LogP contribution in [0.4, 0.5) is 5.13 Å². The van der Waals surface area contributed by atoms with Gasteiger partial charge in [-0.15, -0.1) is 11.3 Å². The van der Waals surface area contributed by atoms with Crippen LogP contribution in [-0.2, 0) is 11.3 Å². The number of hydrogen-bond acceptors (Lipinski definition) is 7. The molecule has 0 spiro atoms. The van der Waals surface area contributed by atoms with E-state index in [-0.39, 0.29) is 18.4 Å². The lowest BCUT2D eigenvalue weighted by Gasteiger charge is -2.39. The Morgan fingerprint density at radius 3 is 2.39 bits per heavy atom. The molecule has 0 aliphatic carbocycles. The maximum atomic E-state index is 13.6. The number of thiazole rings is 1. The third kappa shape index (κ3) is 5.05. The van der Waals surface area contributed by atoms with Crippen molar-refractivity contribution in [3.8, 4) is 11.4 Å². The normalized spacial score (nSPS) is 14.1. The maximum absolute atomic E-state index is 13.6. The second kappa shape index (κ2) is 10.4. The van der Waals surface area contributed by atoms with Crippen molar-refractivity contribution in [2.45, 2.75) is 20.4 Å². The maximum Gasteiger partial charge on any atom is 0.274 e. The van der Waals surface area contributed by atoms with Gasteiger partial charge < -0.3 is 4.90 Å². The van der Waals surface area contributed by atoms with Crippen LogP contribution in [0.3, 0.4) is 0 Å². The molecule has 36 heavy (non-hydrogen) atoms. The number of hydrogen-bond donors (Lipinski definition) is 0. The Morgan fingerprint density at radius 2 is 1.72 bits per heavy atom. The molecular weight excluding hydrogens is 474 g/mol. The zero-order valence-electron chi connectivity index (χ0n) is 20.2. The summed E-state index contributed by atoms with van der Waals surface area (Å²) in [6, 6.07) is 16.8. The summed E-state index contributed by atoms with van der Waals surface area (Å²) in [7, 11) is 0. The molecule has 184 valence electrons. The van der Waals surface area contributed by atoms with E-state index < -0.39 is 0 Å². The molecule has 2 amide bonds. The highest BCUT2D eigenvalue weighted by molar-refractivity contribution is 7.14. The molecule has 1 aliphatic heterocycles. The number of carbonyl (C=O) groups excluding carboxylic acids is 2. The van der Waals surface area contributed by atoms with Crippen molar-refractivity contribution in [1.82, 2.24) is 29.7 Å². The van der Waals surface area contributed by atoms with Gasteiger partial charge in [-0.2, -0.15) is 5.10 Å². The fraction of sp³-hybridized carbons (Fsp3) is 0.269. The van der Waals surface area contributed by atoms with Crippen molar-refractivity contribution in [3.05, 3.63) is 83.1 Å². The highest BCUT2D eigenvalue weighted by atomic mass is 32.1. The first-order valence-electron chi connectivity index (χ1n) is 11.8. The predicted molar refractivity (Wildman–Crippen MR) is 138 cm³/mol. The third-order valence-corrected chi connectivity index (χ3v) is 6.91. The van der Waals surface area contributed by atoms with E-state index in [1.54, 1.807) is 28.0 Å². The number of piperazine rings is 1. The Balaban J connectivity index is 1.34. The number of nitrogens with zero attached hydrogens (tertiary/aromatic N) is 7. The van der Waals surface area contributed by atoms with Crippen molar-refractivity contribution in [3.63, 3.8) is 0 Å². The number of hydrazine groups is 1. The standard InChI is InChI=1S/C26H27N7O2S/c1-19-16-20(2)32(29-19)17-24(34)30-12-14-31(15-13-30)33(25(35)21-8-4-3-5-9-21)26-28-23(18-36-26)22-10-6-7-11-27-22/h3-11,16,18H,12-15,17H2,1-2H3. The molecule has 0 atom stereocenters. The van der Waals surface area contributed by atoms with E-state index in [0.29, 0.717) is 36.9 Å². The van der Waals surface area contributed by atoms with E-state index in [1.807, 2.05) is 71.6 Å². The number of aryl methyl sites for hydroxylation is 2. The molecule has 9 nitrogen and oxygen atoms in total. The smallest absolute Gasteiger partial charge is 0.274 e. The SMILES string of the molecule is Cc1cc(C)n(CC(=O)N2CCN(N(C(=O)c3ccccc3)c3nc(-c4ccccn4)cs3)CC2)n1. The van der Waals surface area contributed by atoms with Gasteiger partial charge in [0.25, 0.3) is 5.91 Å². The topological polar surface area (TPSA) is 87.5 Å². The Kier molecular flexibility index (Phi) is 6.88. The zero-order chi connectivity index (χ0) is 25.1. The summed E-state index contributed by atoms with van der Waals surface area (Å²) >= 11 is 1.40. The Morgan fingerprint density at radius 1 is 0.972 bits per heavy atom. The molecule has 5 rings (SSSR count). The van der Waals surface area contributed by atoms with Gasteiger partial charge >= 0.3 is 0 Å². The van der Waals surface area contributed by atoms with Crippen LogP contribution in [-0.4, -0.2) is 67.7 Å². The number of rotatable bonds is 6. The quantitative estimate of drug-likeness (QED) is 0.402. The summed E-state index contributed by atoms with van der Waals surface area (Å²) in [5.41, 5.74) is 3.92. The van der Waals surface area contributed by atoms with Gasteiger partial charge in [-0.3, -0.25) is 19.3 Å². The summed E-state index contributed by atoms with van der Waals surface area (Å²) in [6.45, 7) is 6.13. The summed E-state index contributed by atoms with van der Waals surface area (Å²) < 4.78 is 1.74. The van der Waals surface area contributed by atoms with E-state index in [1.165, 1.54) is 11.3 Å². The average Bonchev–Trinajstić information content (AvgIpc) is 3.51. The Labute approximate surface area is 213 Å². The minimum Gasteiger partial charge on any atom is -0.338 e. The number of benzene rings is 1.